The summed E-state index contributed by atoms with van der Waals surface area (Å²) in [6, 6.07) is 11.6. The van der Waals surface area contributed by atoms with Crippen molar-refractivity contribution < 1.29 is 22.7 Å². The third-order valence-electron chi connectivity index (χ3n) is 4.29. The molecule has 29 heavy (non-hydrogen) atoms. The van der Waals surface area contributed by atoms with E-state index < -0.39 is 15.9 Å². The smallest absolute Gasteiger partial charge is 0.262 e. The largest absolute Gasteiger partial charge is 0.493 e. The molecule has 8 heteroatoms. The monoisotopic (exact) mass is 416 g/mol. The second kappa shape index (κ2) is 9.11. The molecule has 0 aliphatic heterocycles. The van der Waals surface area contributed by atoms with E-state index >= 15 is 0 Å². The number of sulfonamides is 1. The molecule has 0 saturated heterocycles. The van der Waals surface area contributed by atoms with E-state index in [0.29, 0.717) is 23.6 Å². The lowest BCUT2D eigenvalue weighted by atomic mass is 10.1. The minimum absolute atomic E-state index is 0.0134. The number of carbonyl (C=O) groups is 1. The van der Waals surface area contributed by atoms with Crippen LogP contribution in [0.15, 0.2) is 60.0 Å². The average molecular weight is 416 g/mol. The van der Waals surface area contributed by atoms with Gasteiger partial charge in [0.15, 0.2) is 18.1 Å². The first-order chi connectivity index (χ1) is 13.9. The van der Waals surface area contributed by atoms with Crippen LogP contribution < -0.4 is 19.5 Å². The second-order valence-electron chi connectivity index (χ2n) is 6.74. The lowest BCUT2D eigenvalue weighted by Gasteiger charge is -2.12. The van der Waals surface area contributed by atoms with Gasteiger partial charge in [-0.3, -0.25) is 4.79 Å². The molecule has 0 heterocycles. The molecule has 2 N–H and O–H groups in total. The minimum atomic E-state index is -3.58. The van der Waals surface area contributed by atoms with Gasteiger partial charge in [-0.1, -0.05) is 18.2 Å². The van der Waals surface area contributed by atoms with Crippen molar-refractivity contribution in [2.75, 3.05) is 19.0 Å². The Hall–Kier alpha value is -2.84. The third kappa shape index (κ3) is 5.82. The maximum atomic E-state index is 12.3. The van der Waals surface area contributed by atoms with E-state index in [1.807, 2.05) is 12.1 Å². The molecule has 2 aromatic rings. The first kappa shape index (κ1) is 20.9. The van der Waals surface area contributed by atoms with E-state index in [1.165, 1.54) is 19.2 Å². The molecular formula is C21H24N2O5S. The van der Waals surface area contributed by atoms with E-state index in [-0.39, 0.29) is 17.5 Å². The first-order valence-corrected chi connectivity index (χ1v) is 10.7. The Morgan fingerprint density at radius 1 is 1.21 bits per heavy atom. The van der Waals surface area contributed by atoms with Gasteiger partial charge in [0, 0.05) is 11.7 Å². The molecule has 0 unspecified atom stereocenters. The number of anilines is 1. The van der Waals surface area contributed by atoms with Crippen LogP contribution in [-0.4, -0.2) is 34.1 Å². The normalized spacial score (nSPS) is 13.6. The van der Waals surface area contributed by atoms with Crippen LogP contribution in [0.3, 0.4) is 0 Å². The molecule has 1 fully saturated rings. The fourth-order valence-electron chi connectivity index (χ4n) is 2.69. The number of methoxy groups -OCH3 is 1. The summed E-state index contributed by atoms with van der Waals surface area (Å²) in [5, 5.41) is 2.65. The molecule has 7 nitrogen and oxygen atoms in total. The highest BCUT2D eigenvalue weighted by molar-refractivity contribution is 7.89. The van der Waals surface area contributed by atoms with Crippen molar-refractivity contribution in [1.29, 1.82) is 0 Å². The van der Waals surface area contributed by atoms with Crippen LogP contribution >= 0.6 is 0 Å². The van der Waals surface area contributed by atoms with Crippen molar-refractivity contribution in [2.24, 2.45) is 0 Å². The summed E-state index contributed by atoms with van der Waals surface area (Å²) >= 11 is 0. The molecule has 1 amide bonds. The summed E-state index contributed by atoms with van der Waals surface area (Å²) in [4.78, 5) is 12.4. The lowest BCUT2D eigenvalue weighted by molar-refractivity contribution is -0.118. The van der Waals surface area contributed by atoms with Gasteiger partial charge in [-0.25, -0.2) is 13.1 Å². The summed E-state index contributed by atoms with van der Waals surface area (Å²) in [5.41, 5.74) is 1.40. The fourth-order valence-corrected chi connectivity index (χ4v) is 4.05. The van der Waals surface area contributed by atoms with E-state index in [2.05, 4.69) is 16.6 Å². The Labute approximate surface area is 170 Å². The van der Waals surface area contributed by atoms with E-state index in [4.69, 9.17) is 9.47 Å². The first-order valence-electron chi connectivity index (χ1n) is 9.24. The molecule has 0 aromatic heterocycles. The highest BCUT2D eigenvalue weighted by atomic mass is 32.2. The van der Waals surface area contributed by atoms with E-state index in [9.17, 15) is 13.2 Å². The van der Waals surface area contributed by atoms with Crippen LogP contribution in [0.4, 0.5) is 5.69 Å². The molecular weight excluding hydrogens is 392 g/mol. The SMILES string of the molecule is C=CCc1ccc(OCC(=O)Nc2cccc(S(=O)(=O)NC3CC3)c2)c(OC)c1. The Morgan fingerprint density at radius 3 is 2.69 bits per heavy atom. The maximum absolute atomic E-state index is 12.3. The van der Waals surface area contributed by atoms with Gasteiger partial charge in [-0.2, -0.15) is 0 Å². The Kier molecular flexibility index (Phi) is 6.56. The van der Waals surface area contributed by atoms with Crippen LogP contribution in [0.1, 0.15) is 18.4 Å². The molecule has 154 valence electrons. The van der Waals surface area contributed by atoms with Gasteiger partial charge in [0.2, 0.25) is 10.0 Å². The van der Waals surface area contributed by atoms with Gasteiger partial charge < -0.3 is 14.8 Å². The van der Waals surface area contributed by atoms with Crippen LogP contribution in [0.5, 0.6) is 11.5 Å². The Balaban J connectivity index is 1.61. The van der Waals surface area contributed by atoms with Crippen molar-refractivity contribution in [1.82, 2.24) is 4.72 Å². The van der Waals surface area contributed by atoms with Crippen molar-refractivity contribution in [3.8, 4) is 11.5 Å². The van der Waals surface area contributed by atoms with Gasteiger partial charge in [0.25, 0.3) is 5.91 Å². The predicted molar refractivity (Wildman–Crippen MR) is 111 cm³/mol. The molecule has 0 spiro atoms. The number of ether oxygens (including phenoxy) is 2. The highest BCUT2D eigenvalue weighted by Crippen LogP contribution is 2.28. The molecule has 0 radical (unpaired) electrons. The van der Waals surface area contributed by atoms with Crippen LogP contribution in [-0.2, 0) is 21.2 Å². The molecule has 1 saturated carbocycles. The predicted octanol–water partition coefficient (Wildman–Crippen LogP) is 2.88. The lowest BCUT2D eigenvalue weighted by Crippen LogP contribution is -2.26. The quantitative estimate of drug-likeness (QED) is 0.581. The molecule has 0 bridgehead atoms. The topological polar surface area (TPSA) is 93.7 Å². The number of allylic oxidation sites excluding steroid dienone is 1. The van der Waals surface area contributed by atoms with Crippen molar-refractivity contribution in [2.45, 2.75) is 30.2 Å². The molecule has 3 rings (SSSR count). The summed E-state index contributed by atoms with van der Waals surface area (Å²) in [6.45, 7) is 3.46. The molecule has 0 atom stereocenters. The number of amides is 1. The summed E-state index contributed by atoms with van der Waals surface area (Å²) in [5.74, 6) is 0.559. The molecule has 1 aliphatic carbocycles. The van der Waals surface area contributed by atoms with Crippen LogP contribution in [0.25, 0.3) is 0 Å². The molecule has 1 aliphatic rings. The van der Waals surface area contributed by atoms with Crippen molar-refractivity contribution in [3.63, 3.8) is 0 Å². The Morgan fingerprint density at radius 2 is 2.00 bits per heavy atom. The van der Waals surface area contributed by atoms with Crippen LogP contribution in [0.2, 0.25) is 0 Å². The van der Waals surface area contributed by atoms with Gasteiger partial charge in [0.05, 0.1) is 12.0 Å². The zero-order valence-electron chi connectivity index (χ0n) is 16.2. The Bertz CT molecular complexity index is 1000. The number of hydrogen-bond acceptors (Lipinski definition) is 5. The fraction of sp³-hybridized carbons (Fsp3) is 0.286. The number of rotatable bonds is 10. The van der Waals surface area contributed by atoms with Gasteiger partial charge in [-0.15, -0.1) is 6.58 Å². The van der Waals surface area contributed by atoms with Crippen molar-refractivity contribution >= 4 is 21.6 Å². The van der Waals surface area contributed by atoms with Gasteiger partial charge in [-0.05, 0) is 55.2 Å². The number of nitrogens with one attached hydrogen (secondary N) is 2. The average Bonchev–Trinajstić information content (AvgIpc) is 3.50. The maximum Gasteiger partial charge on any atom is 0.262 e. The third-order valence-corrected chi connectivity index (χ3v) is 5.81. The molecule has 2 aromatic carbocycles. The zero-order valence-corrected chi connectivity index (χ0v) is 17.0. The van der Waals surface area contributed by atoms with Crippen LogP contribution in [0, 0.1) is 0 Å². The van der Waals surface area contributed by atoms with Gasteiger partial charge >= 0.3 is 0 Å². The zero-order chi connectivity index (χ0) is 20.9. The van der Waals surface area contributed by atoms with Gasteiger partial charge in [0.1, 0.15) is 0 Å². The van der Waals surface area contributed by atoms with E-state index in [0.717, 1.165) is 18.4 Å². The number of hydrogen-bond donors (Lipinski definition) is 2. The van der Waals surface area contributed by atoms with E-state index in [1.54, 1.807) is 24.3 Å². The summed E-state index contributed by atoms with van der Waals surface area (Å²) < 4.78 is 38.1. The number of carbonyl (C=O) groups excluding carboxylic acids is 1. The summed E-state index contributed by atoms with van der Waals surface area (Å²) in [7, 11) is -2.06. The van der Waals surface area contributed by atoms with Crippen molar-refractivity contribution in [3.05, 3.63) is 60.7 Å². The highest BCUT2D eigenvalue weighted by Gasteiger charge is 2.28. The number of benzene rings is 2. The summed E-state index contributed by atoms with van der Waals surface area (Å²) in [6.07, 6.45) is 4.19. The minimum Gasteiger partial charge on any atom is -0.493 e. The second-order valence-corrected chi connectivity index (χ2v) is 8.45. The standard InChI is InChI=1S/C21H24N2O5S/c1-3-5-15-8-11-19(20(12-15)27-2)28-14-21(24)22-17-6-4-7-18(13-17)29(25,26)23-16-9-10-16/h3-4,6-8,11-13,16,23H,1,5,9-10,14H2,2H3,(H,22,24).